The summed E-state index contributed by atoms with van der Waals surface area (Å²) in [5.41, 5.74) is 0. The Morgan fingerprint density at radius 1 is 1.25 bits per heavy atom. The number of nitrogens with zero attached hydrogens (tertiary/aromatic N) is 1. The summed E-state index contributed by atoms with van der Waals surface area (Å²) in [5.74, 6) is 0.280. The minimum atomic E-state index is -0.535. The van der Waals surface area contributed by atoms with Gasteiger partial charge in [-0.3, -0.25) is 4.79 Å². The maximum Gasteiger partial charge on any atom is 0.350 e. The lowest BCUT2D eigenvalue weighted by atomic mass is 9.92. The molecule has 1 aromatic carbocycles. The van der Waals surface area contributed by atoms with Gasteiger partial charge in [0.1, 0.15) is 4.88 Å². The van der Waals surface area contributed by atoms with Crippen molar-refractivity contribution in [3.63, 3.8) is 0 Å². The largest absolute Gasteiger partial charge is 0.451 e. The number of rotatable bonds is 3. The van der Waals surface area contributed by atoms with E-state index >= 15 is 0 Å². The van der Waals surface area contributed by atoms with E-state index in [1.807, 2.05) is 24.3 Å². The minimum absolute atomic E-state index is 0.140. The Morgan fingerprint density at radius 3 is 2.58 bits per heavy atom. The van der Waals surface area contributed by atoms with E-state index in [0.29, 0.717) is 21.7 Å². The Balaban J connectivity index is 1.64. The zero-order valence-corrected chi connectivity index (χ0v) is 15.3. The molecule has 1 amide bonds. The van der Waals surface area contributed by atoms with Crippen LogP contribution in [0.25, 0.3) is 10.1 Å². The van der Waals surface area contributed by atoms with Crippen molar-refractivity contribution in [1.29, 1.82) is 0 Å². The molecule has 0 radical (unpaired) electrons. The lowest BCUT2D eigenvalue weighted by Crippen LogP contribution is -2.44. The molecule has 2 heterocycles. The summed E-state index contributed by atoms with van der Waals surface area (Å²) in [6.45, 7) is 5.50. The van der Waals surface area contributed by atoms with Crippen molar-refractivity contribution in [1.82, 2.24) is 4.90 Å². The van der Waals surface area contributed by atoms with Crippen LogP contribution < -0.4 is 0 Å². The molecule has 3 rings (SSSR count). The van der Waals surface area contributed by atoms with Gasteiger partial charge in [0.05, 0.1) is 5.02 Å². The van der Waals surface area contributed by atoms with Crippen molar-refractivity contribution < 1.29 is 14.3 Å². The second-order valence-corrected chi connectivity index (χ2v) is 7.99. The number of thiophene rings is 1. The summed E-state index contributed by atoms with van der Waals surface area (Å²) in [5, 5.41) is 1.23. The Hall–Kier alpha value is -1.59. The summed E-state index contributed by atoms with van der Waals surface area (Å²) in [4.78, 5) is 26.7. The fourth-order valence-corrected chi connectivity index (χ4v) is 4.70. The molecule has 0 bridgehead atoms. The van der Waals surface area contributed by atoms with Crippen LogP contribution in [0, 0.1) is 11.8 Å². The van der Waals surface area contributed by atoms with E-state index in [0.717, 1.165) is 29.6 Å². The van der Waals surface area contributed by atoms with E-state index in [1.165, 1.54) is 11.3 Å². The molecule has 1 aromatic heterocycles. The molecular formula is C18H20ClNO3S. The maximum absolute atomic E-state index is 12.3. The van der Waals surface area contributed by atoms with Crippen LogP contribution in [0.2, 0.25) is 5.02 Å². The highest BCUT2D eigenvalue weighted by atomic mass is 35.5. The molecule has 2 atom stereocenters. The highest BCUT2D eigenvalue weighted by Crippen LogP contribution is 2.35. The monoisotopic (exact) mass is 365 g/mol. The number of benzene rings is 1. The topological polar surface area (TPSA) is 46.6 Å². The highest BCUT2D eigenvalue weighted by Gasteiger charge is 2.26. The minimum Gasteiger partial charge on any atom is -0.451 e. The van der Waals surface area contributed by atoms with E-state index in [4.69, 9.17) is 16.3 Å². The number of carbonyl (C=O) groups excluding carboxylic acids is 2. The van der Waals surface area contributed by atoms with E-state index in [2.05, 4.69) is 13.8 Å². The van der Waals surface area contributed by atoms with Gasteiger partial charge in [0, 0.05) is 23.2 Å². The average Bonchev–Trinajstić information content (AvgIpc) is 2.89. The van der Waals surface area contributed by atoms with Gasteiger partial charge in [0.25, 0.3) is 5.91 Å². The standard InChI is InChI=1S/C18H20ClNO3S/c1-11-7-12(2)9-20(8-11)15(21)10-23-18(22)17-16(19)13-5-3-4-6-14(13)24-17/h3-6,11-12H,7-10H2,1-2H3/t11-,12+. The van der Waals surface area contributed by atoms with Crippen LogP contribution in [0.5, 0.6) is 0 Å². The van der Waals surface area contributed by atoms with Crippen molar-refractivity contribution in [3.8, 4) is 0 Å². The van der Waals surface area contributed by atoms with Crippen molar-refractivity contribution in [2.45, 2.75) is 20.3 Å². The SMILES string of the molecule is C[C@@H]1C[C@H](C)CN(C(=O)COC(=O)c2sc3ccccc3c2Cl)C1. The molecule has 1 aliphatic heterocycles. The summed E-state index contributed by atoms with van der Waals surface area (Å²) < 4.78 is 6.15. The van der Waals surface area contributed by atoms with Gasteiger partial charge in [-0.25, -0.2) is 4.79 Å². The first-order valence-corrected chi connectivity index (χ1v) is 9.27. The van der Waals surface area contributed by atoms with Crippen LogP contribution >= 0.6 is 22.9 Å². The predicted octanol–water partition coefficient (Wildman–Crippen LogP) is 4.22. The third-order valence-electron chi connectivity index (χ3n) is 4.27. The molecule has 24 heavy (non-hydrogen) atoms. The average molecular weight is 366 g/mol. The van der Waals surface area contributed by atoms with Crippen LogP contribution in [-0.2, 0) is 9.53 Å². The van der Waals surface area contributed by atoms with Crippen molar-refractivity contribution in [3.05, 3.63) is 34.2 Å². The van der Waals surface area contributed by atoms with E-state index in [9.17, 15) is 9.59 Å². The number of likely N-dealkylation sites (tertiary alicyclic amines) is 1. The van der Waals surface area contributed by atoms with Crippen LogP contribution in [0.15, 0.2) is 24.3 Å². The molecule has 1 fully saturated rings. The lowest BCUT2D eigenvalue weighted by molar-refractivity contribution is -0.137. The molecule has 0 N–H and O–H groups in total. The van der Waals surface area contributed by atoms with E-state index < -0.39 is 5.97 Å². The molecule has 0 saturated carbocycles. The van der Waals surface area contributed by atoms with Crippen LogP contribution in [0.4, 0.5) is 0 Å². The first kappa shape index (κ1) is 17.2. The van der Waals surface area contributed by atoms with E-state index in [-0.39, 0.29) is 12.5 Å². The molecule has 128 valence electrons. The highest BCUT2D eigenvalue weighted by molar-refractivity contribution is 7.21. The van der Waals surface area contributed by atoms with Crippen LogP contribution in [-0.4, -0.2) is 36.5 Å². The summed E-state index contributed by atoms with van der Waals surface area (Å²) in [7, 11) is 0. The predicted molar refractivity (Wildman–Crippen MR) is 96.6 cm³/mol. The molecule has 1 aliphatic rings. The van der Waals surface area contributed by atoms with Gasteiger partial charge < -0.3 is 9.64 Å². The number of halogens is 1. The molecule has 0 spiro atoms. The normalized spacial score (nSPS) is 21.0. The second kappa shape index (κ2) is 7.11. The first-order valence-electron chi connectivity index (χ1n) is 8.07. The van der Waals surface area contributed by atoms with Crippen molar-refractivity contribution in [2.75, 3.05) is 19.7 Å². The Kier molecular flexibility index (Phi) is 5.11. The summed E-state index contributed by atoms with van der Waals surface area (Å²) >= 11 is 7.56. The van der Waals surface area contributed by atoms with Crippen molar-refractivity contribution >= 4 is 44.9 Å². The Morgan fingerprint density at radius 2 is 1.92 bits per heavy atom. The molecule has 0 unspecified atom stereocenters. The quantitative estimate of drug-likeness (QED) is 0.765. The molecule has 1 saturated heterocycles. The number of fused-ring (bicyclic) bond motifs is 1. The number of carbonyl (C=O) groups is 2. The zero-order chi connectivity index (χ0) is 17.3. The Bertz CT molecular complexity index is 763. The van der Waals surface area contributed by atoms with Gasteiger partial charge in [-0.2, -0.15) is 0 Å². The van der Waals surface area contributed by atoms with Gasteiger partial charge >= 0.3 is 5.97 Å². The molecule has 0 aliphatic carbocycles. The summed E-state index contributed by atoms with van der Waals surface area (Å²) in [6.07, 6.45) is 1.13. The number of amides is 1. The zero-order valence-electron chi connectivity index (χ0n) is 13.8. The number of ether oxygens (including phenoxy) is 1. The summed E-state index contributed by atoms with van der Waals surface area (Å²) in [6, 6.07) is 7.54. The van der Waals surface area contributed by atoms with Gasteiger partial charge in [0.2, 0.25) is 0 Å². The molecule has 4 nitrogen and oxygen atoms in total. The number of hydrogen-bond donors (Lipinski definition) is 0. The van der Waals surface area contributed by atoms with Crippen molar-refractivity contribution in [2.24, 2.45) is 11.8 Å². The third kappa shape index (κ3) is 3.57. The van der Waals surface area contributed by atoms with Crippen LogP contribution in [0.1, 0.15) is 29.9 Å². The fraction of sp³-hybridized carbons (Fsp3) is 0.444. The number of esters is 1. The fourth-order valence-electron chi connectivity index (χ4n) is 3.30. The van der Waals surface area contributed by atoms with Gasteiger partial charge in [-0.05, 0) is 24.3 Å². The molecule has 2 aromatic rings. The third-order valence-corrected chi connectivity index (χ3v) is 5.92. The van der Waals surface area contributed by atoms with Gasteiger partial charge in [0.15, 0.2) is 6.61 Å². The van der Waals surface area contributed by atoms with Crippen LogP contribution in [0.3, 0.4) is 0 Å². The molecular weight excluding hydrogens is 346 g/mol. The van der Waals surface area contributed by atoms with Gasteiger partial charge in [-0.15, -0.1) is 11.3 Å². The first-order chi connectivity index (χ1) is 11.5. The number of hydrogen-bond acceptors (Lipinski definition) is 4. The van der Waals surface area contributed by atoms with E-state index in [1.54, 1.807) is 4.90 Å². The number of piperidine rings is 1. The molecule has 6 heteroatoms. The maximum atomic E-state index is 12.3. The second-order valence-electron chi connectivity index (χ2n) is 6.56. The lowest BCUT2D eigenvalue weighted by Gasteiger charge is -2.34. The smallest absolute Gasteiger partial charge is 0.350 e. The Labute approximate surface area is 150 Å². The van der Waals surface area contributed by atoms with Gasteiger partial charge in [-0.1, -0.05) is 43.6 Å².